The van der Waals surface area contributed by atoms with Crippen molar-refractivity contribution in [1.29, 1.82) is 0 Å². The van der Waals surface area contributed by atoms with Crippen molar-refractivity contribution in [3.8, 4) is 0 Å². The van der Waals surface area contributed by atoms with Crippen molar-refractivity contribution in [3.63, 3.8) is 0 Å². The van der Waals surface area contributed by atoms with Gasteiger partial charge in [-0.15, -0.1) is 0 Å². The molecule has 18 heavy (non-hydrogen) atoms. The molecule has 1 aromatic rings. The highest BCUT2D eigenvalue weighted by Gasteiger charge is 2.29. The number of urea groups is 1. The number of anilines is 1. The minimum absolute atomic E-state index is 0.294. The van der Waals surface area contributed by atoms with Gasteiger partial charge in [0.1, 0.15) is 0 Å². The van der Waals surface area contributed by atoms with Gasteiger partial charge in [0.15, 0.2) is 0 Å². The van der Waals surface area contributed by atoms with Crippen molar-refractivity contribution < 1.29 is 18.0 Å². The predicted octanol–water partition coefficient (Wildman–Crippen LogP) is 3.40. The molecule has 0 bridgehead atoms. The van der Waals surface area contributed by atoms with E-state index in [2.05, 4.69) is 17.2 Å². The van der Waals surface area contributed by atoms with Crippen LogP contribution in [0.15, 0.2) is 36.4 Å². The lowest BCUT2D eigenvalue weighted by molar-refractivity contribution is -0.137. The van der Waals surface area contributed by atoms with E-state index < -0.39 is 17.8 Å². The standard InChI is InChI=1S/C12H13F3N2O/c1-8(2)7-16-11(18)17-10-5-3-9(4-6-10)12(13,14)15/h3-6H,1,7H2,2H3,(H2,16,17,18). The Kier molecular flexibility index (Phi) is 4.36. The number of halogens is 3. The summed E-state index contributed by atoms with van der Waals surface area (Å²) in [6, 6.07) is 3.73. The van der Waals surface area contributed by atoms with E-state index >= 15 is 0 Å². The number of amides is 2. The first-order valence-electron chi connectivity index (χ1n) is 5.15. The van der Waals surface area contributed by atoms with Crippen LogP contribution in [0.5, 0.6) is 0 Å². The van der Waals surface area contributed by atoms with Gasteiger partial charge in [-0.1, -0.05) is 12.2 Å². The van der Waals surface area contributed by atoms with Gasteiger partial charge in [-0.3, -0.25) is 0 Å². The molecule has 0 saturated heterocycles. The number of carbonyl (C=O) groups excluding carboxylic acids is 1. The first-order valence-corrected chi connectivity index (χ1v) is 5.15. The van der Waals surface area contributed by atoms with E-state index in [-0.39, 0.29) is 0 Å². The lowest BCUT2D eigenvalue weighted by atomic mass is 10.2. The molecule has 98 valence electrons. The largest absolute Gasteiger partial charge is 0.416 e. The summed E-state index contributed by atoms with van der Waals surface area (Å²) in [5.41, 5.74) is 0.315. The lowest BCUT2D eigenvalue weighted by Gasteiger charge is -2.09. The molecule has 2 amide bonds. The smallest absolute Gasteiger partial charge is 0.334 e. The minimum Gasteiger partial charge on any atom is -0.334 e. The van der Waals surface area contributed by atoms with E-state index in [1.54, 1.807) is 6.92 Å². The summed E-state index contributed by atoms with van der Waals surface area (Å²) in [6.07, 6.45) is -4.37. The quantitative estimate of drug-likeness (QED) is 0.801. The maximum atomic E-state index is 12.3. The second-order valence-corrected chi connectivity index (χ2v) is 3.84. The van der Waals surface area contributed by atoms with Gasteiger partial charge in [-0.05, 0) is 31.2 Å². The lowest BCUT2D eigenvalue weighted by Crippen LogP contribution is -2.29. The SMILES string of the molecule is C=C(C)CNC(=O)Nc1ccc(C(F)(F)F)cc1. The van der Waals surface area contributed by atoms with Crippen molar-refractivity contribution in [2.24, 2.45) is 0 Å². The number of rotatable bonds is 3. The molecule has 0 aliphatic carbocycles. The topological polar surface area (TPSA) is 41.1 Å². The first kappa shape index (κ1) is 14.1. The van der Waals surface area contributed by atoms with Gasteiger partial charge in [0, 0.05) is 12.2 Å². The fraction of sp³-hybridized carbons (Fsp3) is 0.250. The molecule has 0 aliphatic rings. The zero-order valence-corrected chi connectivity index (χ0v) is 9.77. The van der Waals surface area contributed by atoms with Crippen LogP contribution in [0.1, 0.15) is 12.5 Å². The number of alkyl halides is 3. The van der Waals surface area contributed by atoms with Crippen molar-refractivity contribution in [3.05, 3.63) is 42.0 Å². The zero-order chi connectivity index (χ0) is 13.8. The Bertz CT molecular complexity index is 438. The van der Waals surface area contributed by atoms with Crippen molar-refractivity contribution in [2.75, 3.05) is 11.9 Å². The van der Waals surface area contributed by atoms with Crippen LogP contribution >= 0.6 is 0 Å². The van der Waals surface area contributed by atoms with Gasteiger partial charge >= 0.3 is 12.2 Å². The van der Waals surface area contributed by atoms with E-state index in [1.165, 1.54) is 12.1 Å². The van der Waals surface area contributed by atoms with E-state index in [0.717, 1.165) is 17.7 Å². The van der Waals surface area contributed by atoms with Crippen molar-refractivity contribution >= 4 is 11.7 Å². The van der Waals surface area contributed by atoms with E-state index in [0.29, 0.717) is 12.2 Å². The van der Waals surface area contributed by atoms with Gasteiger partial charge < -0.3 is 10.6 Å². The third kappa shape index (κ3) is 4.48. The van der Waals surface area contributed by atoms with Crippen LogP contribution in [-0.4, -0.2) is 12.6 Å². The van der Waals surface area contributed by atoms with Crippen molar-refractivity contribution in [2.45, 2.75) is 13.1 Å². The Morgan fingerprint density at radius 1 is 1.28 bits per heavy atom. The molecule has 0 spiro atoms. The summed E-state index contributed by atoms with van der Waals surface area (Å²) >= 11 is 0. The third-order valence-electron chi connectivity index (χ3n) is 2.02. The minimum atomic E-state index is -4.37. The molecule has 1 aromatic carbocycles. The molecule has 0 aliphatic heterocycles. The molecule has 3 nitrogen and oxygen atoms in total. The number of carbonyl (C=O) groups is 1. The van der Waals surface area contributed by atoms with Gasteiger partial charge in [0.25, 0.3) is 0 Å². The molecule has 0 heterocycles. The monoisotopic (exact) mass is 258 g/mol. The zero-order valence-electron chi connectivity index (χ0n) is 9.77. The van der Waals surface area contributed by atoms with Crippen LogP contribution in [0, 0.1) is 0 Å². The molecule has 0 unspecified atom stereocenters. The van der Waals surface area contributed by atoms with Crippen molar-refractivity contribution in [1.82, 2.24) is 5.32 Å². The van der Waals surface area contributed by atoms with E-state index in [9.17, 15) is 18.0 Å². The highest BCUT2D eigenvalue weighted by molar-refractivity contribution is 5.89. The second-order valence-electron chi connectivity index (χ2n) is 3.84. The Morgan fingerprint density at radius 3 is 2.28 bits per heavy atom. The van der Waals surface area contributed by atoms with Crippen LogP contribution in [0.2, 0.25) is 0 Å². The van der Waals surface area contributed by atoms with Gasteiger partial charge in [0.05, 0.1) is 5.56 Å². The normalized spacial score (nSPS) is 10.9. The molecule has 0 atom stereocenters. The molecular weight excluding hydrogens is 245 g/mol. The second kappa shape index (κ2) is 5.57. The van der Waals surface area contributed by atoms with Crippen LogP contribution in [0.3, 0.4) is 0 Å². The van der Waals surface area contributed by atoms with Gasteiger partial charge in [-0.25, -0.2) is 4.79 Å². The average Bonchev–Trinajstić information content (AvgIpc) is 2.26. The Hall–Kier alpha value is -1.98. The van der Waals surface area contributed by atoms with Crippen LogP contribution < -0.4 is 10.6 Å². The molecular formula is C12H13F3N2O. The summed E-state index contributed by atoms with van der Waals surface area (Å²) in [5.74, 6) is 0. The van der Waals surface area contributed by atoms with Crippen LogP contribution in [0.25, 0.3) is 0 Å². The molecule has 0 fully saturated rings. The van der Waals surface area contributed by atoms with E-state index in [1.807, 2.05) is 0 Å². The van der Waals surface area contributed by atoms with E-state index in [4.69, 9.17) is 0 Å². The molecule has 0 saturated carbocycles. The Labute approximate surface area is 103 Å². The molecule has 2 N–H and O–H groups in total. The highest BCUT2D eigenvalue weighted by atomic mass is 19.4. The summed E-state index contributed by atoms with van der Waals surface area (Å²) in [4.78, 5) is 11.3. The number of hydrogen-bond donors (Lipinski definition) is 2. The Morgan fingerprint density at radius 2 is 1.83 bits per heavy atom. The number of benzene rings is 1. The third-order valence-corrected chi connectivity index (χ3v) is 2.02. The first-order chi connectivity index (χ1) is 8.29. The van der Waals surface area contributed by atoms with Crippen LogP contribution in [0.4, 0.5) is 23.7 Å². The maximum Gasteiger partial charge on any atom is 0.416 e. The highest BCUT2D eigenvalue weighted by Crippen LogP contribution is 2.29. The summed E-state index contributed by atoms with van der Waals surface area (Å²) in [5, 5.41) is 4.92. The average molecular weight is 258 g/mol. The fourth-order valence-electron chi connectivity index (χ4n) is 1.15. The van der Waals surface area contributed by atoms with Gasteiger partial charge in [-0.2, -0.15) is 13.2 Å². The predicted molar refractivity (Wildman–Crippen MR) is 63.3 cm³/mol. The van der Waals surface area contributed by atoms with Gasteiger partial charge in [0.2, 0.25) is 0 Å². The Balaban J connectivity index is 2.59. The number of hydrogen-bond acceptors (Lipinski definition) is 1. The van der Waals surface area contributed by atoms with Crippen LogP contribution in [-0.2, 0) is 6.18 Å². The number of nitrogens with one attached hydrogen (secondary N) is 2. The molecule has 0 aromatic heterocycles. The maximum absolute atomic E-state index is 12.3. The molecule has 0 radical (unpaired) electrons. The summed E-state index contributed by atoms with van der Waals surface area (Å²) in [7, 11) is 0. The molecule has 6 heteroatoms. The fourth-order valence-corrected chi connectivity index (χ4v) is 1.15. The summed E-state index contributed by atoms with van der Waals surface area (Å²) < 4.78 is 36.8. The summed E-state index contributed by atoms with van der Waals surface area (Å²) in [6.45, 7) is 5.67. The molecule has 1 rings (SSSR count).